The van der Waals surface area contributed by atoms with Gasteiger partial charge < -0.3 is 43.9 Å². The van der Waals surface area contributed by atoms with Crippen LogP contribution in [-0.2, 0) is 47.7 Å². The van der Waals surface area contributed by atoms with Crippen LogP contribution >= 0.6 is 0 Å². The number of aliphatic hydroxyl groups excluding tert-OH is 2. The van der Waals surface area contributed by atoms with Crippen LogP contribution in [0.15, 0.2) is 47.6 Å². The van der Waals surface area contributed by atoms with Gasteiger partial charge in [-0.1, -0.05) is 71.1 Å². The molecule has 14 nitrogen and oxygen atoms in total. The number of Topliss-reactive ketones (excluding diaryl/α,β-unsaturated/α-hetero) is 3. The normalized spacial score (nSPS) is 38.2. The van der Waals surface area contributed by atoms with Gasteiger partial charge in [0.25, 0.3) is 11.7 Å². The Bertz CT molecular complexity index is 1840. The highest BCUT2D eigenvalue weighted by Gasteiger charge is 2.53. The second-order valence-electron chi connectivity index (χ2n) is 20.7. The molecule has 2 bridgehead atoms. The van der Waals surface area contributed by atoms with Crippen LogP contribution in [0.3, 0.4) is 0 Å². The fourth-order valence-corrected chi connectivity index (χ4v) is 10.4. The van der Waals surface area contributed by atoms with Crippen LogP contribution in [0.1, 0.15) is 138 Å². The summed E-state index contributed by atoms with van der Waals surface area (Å²) in [5, 5.41) is 34.0. The molecule has 5 aliphatic rings. The zero-order valence-corrected chi connectivity index (χ0v) is 41.6. The monoisotopic (exact) mass is 940 g/mol. The van der Waals surface area contributed by atoms with Crippen molar-refractivity contribution in [3.63, 3.8) is 0 Å². The molecule has 5 rings (SSSR count). The summed E-state index contributed by atoms with van der Waals surface area (Å²) in [6.07, 6.45) is 13.5. The quantitative estimate of drug-likeness (QED) is 0.139. The Labute approximate surface area is 398 Å². The Hall–Kier alpha value is -3.37. The van der Waals surface area contributed by atoms with Crippen LogP contribution in [-0.4, -0.2) is 131 Å². The molecule has 1 amide bonds. The first-order chi connectivity index (χ1) is 31.8. The molecule has 2 saturated carbocycles. The van der Waals surface area contributed by atoms with E-state index in [4.69, 9.17) is 23.7 Å². The van der Waals surface area contributed by atoms with Crippen molar-refractivity contribution >= 4 is 29.2 Å². The lowest BCUT2D eigenvalue weighted by Gasteiger charge is -2.43. The van der Waals surface area contributed by atoms with Crippen molar-refractivity contribution in [1.82, 2.24) is 4.90 Å². The third-order valence-electron chi connectivity index (χ3n) is 15.1. The van der Waals surface area contributed by atoms with E-state index in [0.29, 0.717) is 63.4 Å². The van der Waals surface area contributed by atoms with Gasteiger partial charge >= 0.3 is 5.97 Å². The highest BCUT2D eigenvalue weighted by molar-refractivity contribution is 6.39. The van der Waals surface area contributed by atoms with E-state index >= 15 is 0 Å². The largest absolute Gasteiger partial charge is 0.460 e. The van der Waals surface area contributed by atoms with E-state index in [9.17, 15) is 39.3 Å². The summed E-state index contributed by atoms with van der Waals surface area (Å²) in [7, 11) is 2.95. The molecule has 2 aliphatic carbocycles. The zero-order valence-electron chi connectivity index (χ0n) is 41.6. The number of piperidine rings is 1. The van der Waals surface area contributed by atoms with Crippen LogP contribution in [0.4, 0.5) is 0 Å². The number of fused-ring (bicyclic) bond motifs is 3. The van der Waals surface area contributed by atoms with E-state index in [1.165, 1.54) is 12.0 Å². The lowest BCUT2D eigenvalue weighted by Crippen LogP contribution is -2.61. The van der Waals surface area contributed by atoms with Crippen molar-refractivity contribution in [1.29, 1.82) is 0 Å². The van der Waals surface area contributed by atoms with Gasteiger partial charge in [-0.3, -0.25) is 19.2 Å². The highest BCUT2D eigenvalue weighted by atomic mass is 16.6. The number of amides is 1. The van der Waals surface area contributed by atoms with Gasteiger partial charge in [0, 0.05) is 51.4 Å². The minimum absolute atomic E-state index is 0.0232. The number of hydrogen-bond acceptors (Lipinski definition) is 13. The first-order valence-electron chi connectivity index (χ1n) is 25.1. The van der Waals surface area contributed by atoms with Gasteiger partial charge in [0.1, 0.15) is 30.1 Å². The molecule has 2 saturated heterocycles. The van der Waals surface area contributed by atoms with E-state index in [1.54, 1.807) is 34.0 Å². The minimum atomic E-state index is -2.42. The van der Waals surface area contributed by atoms with Crippen molar-refractivity contribution in [2.24, 2.45) is 35.5 Å². The second-order valence-corrected chi connectivity index (χ2v) is 20.7. The average molecular weight is 940 g/mol. The number of esters is 1. The average Bonchev–Trinajstić information content (AvgIpc) is 4.13. The molecule has 3 heterocycles. The molecule has 0 spiro atoms. The number of nitrogens with zero attached hydrogens (tertiary/aromatic N) is 1. The Morgan fingerprint density at radius 3 is 2.27 bits per heavy atom. The van der Waals surface area contributed by atoms with Gasteiger partial charge in [0.15, 0.2) is 5.78 Å². The molecule has 67 heavy (non-hydrogen) atoms. The van der Waals surface area contributed by atoms with Crippen molar-refractivity contribution in [3.05, 3.63) is 47.6 Å². The smallest absolute Gasteiger partial charge is 0.329 e. The summed E-state index contributed by atoms with van der Waals surface area (Å²) in [6.45, 7) is 12.9. The fourth-order valence-electron chi connectivity index (χ4n) is 10.4. The van der Waals surface area contributed by atoms with E-state index in [1.807, 2.05) is 58.1 Å². The van der Waals surface area contributed by atoms with Crippen LogP contribution in [0.5, 0.6) is 0 Å². The Morgan fingerprint density at radius 2 is 1.58 bits per heavy atom. The Morgan fingerprint density at radius 1 is 0.851 bits per heavy atom. The van der Waals surface area contributed by atoms with Gasteiger partial charge in [0.05, 0.1) is 30.5 Å². The topological polar surface area (TPSA) is 195 Å². The first-order valence-corrected chi connectivity index (χ1v) is 25.1. The van der Waals surface area contributed by atoms with Crippen LogP contribution in [0, 0.1) is 35.5 Å². The van der Waals surface area contributed by atoms with E-state index in [0.717, 1.165) is 24.8 Å². The van der Waals surface area contributed by atoms with Crippen LogP contribution in [0.2, 0.25) is 0 Å². The maximum atomic E-state index is 14.4. The summed E-state index contributed by atoms with van der Waals surface area (Å²) in [4.78, 5) is 72.2. The number of carbonyl (C=O) groups is 5. The number of methoxy groups -OCH3 is 2. The molecule has 4 fully saturated rings. The number of ketones is 3. The SMILES string of the molecule is CO[C@@H]1C[C@H](C[C@@H](C)[C@@H]2CC(=O)[C@H](C)C=C(C)[C@@H](O)[C@@H](OC)C(=O)[C@H](C)C[C@H](C)C=CC=CC=C(C)[C@H](OC3CC3)C[C@@H]3CC[C@@H](C)[C@@](O)(O3)C(=O)C(=O)N3CCCC[C@H]3C(=O)O2)CC[C@H]1O. The molecule has 0 unspecified atom stereocenters. The summed E-state index contributed by atoms with van der Waals surface area (Å²) >= 11 is 0. The molecular weight excluding hydrogens is 859 g/mol. The molecule has 0 radical (unpaired) electrons. The number of aliphatic hydroxyl groups is 3. The highest BCUT2D eigenvalue weighted by Crippen LogP contribution is 2.39. The number of ether oxygens (including phenoxy) is 5. The Balaban J connectivity index is 1.47. The van der Waals surface area contributed by atoms with E-state index in [-0.39, 0.29) is 67.0 Å². The van der Waals surface area contributed by atoms with Gasteiger partial charge in [-0.25, -0.2) is 4.79 Å². The number of hydrogen-bond donors (Lipinski definition) is 3. The van der Waals surface area contributed by atoms with Gasteiger partial charge in [-0.15, -0.1) is 0 Å². The molecule has 3 aliphatic heterocycles. The van der Waals surface area contributed by atoms with Crippen molar-refractivity contribution in [3.8, 4) is 0 Å². The summed E-state index contributed by atoms with van der Waals surface area (Å²) in [5.74, 6) is -7.89. The van der Waals surface area contributed by atoms with Gasteiger partial charge in [-0.2, -0.15) is 0 Å². The number of carbonyl (C=O) groups excluding carboxylic acids is 5. The maximum Gasteiger partial charge on any atom is 0.329 e. The summed E-state index contributed by atoms with van der Waals surface area (Å²) < 4.78 is 30.1. The Kier molecular flexibility index (Phi) is 20.3. The summed E-state index contributed by atoms with van der Waals surface area (Å²) in [6, 6.07) is -1.14. The predicted octanol–water partition coefficient (Wildman–Crippen LogP) is 6.71. The zero-order chi connectivity index (χ0) is 49.2. The number of cyclic esters (lactones) is 1. The molecule has 15 atom stereocenters. The predicted molar refractivity (Wildman–Crippen MR) is 252 cm³/mol. The second kappa shape index (κ2) is 25.0. The number of rotatable bonds is 7. The number of allylic oxidation sites excluding steroid dienone is 6. The first kappa shape index (κ1) is 54.6. The fraction of sp³-hybridized carbons (Fsp3) is 0.755. The molecule has 376 valence electrons. The van der Waals surface area contributed by atoms with E-state index < -0.39 is 77.8 Å². The third kappa shape index (κ3) is 14.6. The summed E-state index contributed by atoms with van der Waals surface area (Å²) in [5.41, 5.74) is 1.33. The van der Waals surface area contributed by atoms with Crippen LogP contribution < -0.4 is 0 Å². The molecule has 3 N–H and O–H groups in total. The van der Waals surface area contributed by atoms with Crippen LogP contribution in [0.25, 0.3) is 0 Å². The molecule has 14 heteroatoms. The van der Waals surface area contributed by atoms with Crippen molar-refractivity contribution in [2.45, 2.75) is 199 Å². The van der Waals surface area contributed by atoms with E-state index in [2.05, 4.69) is 0 Å². The molecule has 0 aromatic rings. The lowest BCUT2D eigenvalue weighted by molar-refractivity contribution is -0.266. The third-order valence-corrected chi connectivity index (χ3v) is 15.1. The van der Waals surface area contributed by atoms with Crippen molar-refractivity contribution in [2.75, 3.05) is 20.8 Å². The molecule has 0 aromatic heterocycles. The van der Waals surface area contributed by atoms with Crippen molar-refractivity contribution < 1.29 is 63.0 Å². The van der Waals surface area contributed by atoms with Gasteiger partial charge in [-0.05, 0) is 120 Å². The molecule has 0 aromatic carbocycles. The minimum Gasteiger partial charge on any atom is -0.460 e. The standard InChI is InChI=1S/C53H81NO13/c1-31-15-11-10-12-16-32(2)44(65-39-21-22-39)29-40-20-18-37(7)53(62,67-40)50(59)51(60)54-24-14-13-17-41(54)52(61)66-45(34(4)27-38-19-23-42(55)46(28-38)63-8)30-43(56)33(3)26-36(6)48(58)49(64-9)47(57)35(5)25-31/h10-12,15-16,26,31,33-35,37-42,44-46,48-49,55,58,62H,13-14,17-25,27-30H2,1-9H3/t31-,33-,34-,35-,37-,38+,40+,41+,42-,44-,45+,46-,48-,49+,53-/m1/s1. The van der Waals surface area contributed by atoms with Gasteiger partial charge in [0.2, 0.25) is 5.79 Å². The molecular formula is C53H81NO13. The maximum absolute atomic E-state index is 14.4. The lowest BCUT2D eigenvalue weighted by atomic mass is 9.78.